The molecule has 0 unspecified atom stereocenters. The van der Waals surface area contributed by atoms with Gasteiger partial charge in [-0.3, -0.25) is 0 Å². The van der Waals surface area contributed by atoms with Crippen LogP contribution in [0.5, 0.6) is 0 Å². The molecule has 0 amide bonds. The number of aryl methyl sites for hydroxylation is 1. The minimum absolute atomic E-state index is 0.809. The van der Waals surface area contributed by atoms with Gasteiger partial charge in [0.05, 0.1) is 14.1 Å². The maximum atomic E-state index is 4.55. The van der Waals surface area contributed by atoms with Gasteiger partial charge in [0.2, 0.25) is 0 Å². The van der Waals surface area contributed by atoms with E-state index in [4.69, 9.17) is 0 Å². The van der Waals surface area contributed by atoms with Crippen LogP contribution < -0.4 is 5.32 Å². The van der Waals surface area contributed by atoms with E-state index in [9.17, 15) is 0 Å². The number of anilines is 1. The van der Waals surface area contributed by atoms with E-state index < -0.39 is 0 Å². The summed E-state index contributed by atoms with van der Waals surface area (Å²) in [7, 11) is 0. The molecule has 0 spiro atoms. The Balaban J connectivity index is 2.48. The van der Waals surface area contributed by atoms with E-state index in [1.54, 1.807) is 11.3 Å². The van der Waals surface area contributed by atoms with Crippen molar-refractivity contribution in [3.63, 3.8) is 0 Å². The summed E-state index contributed by atoms with van der Waals surface area (Å²) < 4.78 is 1.10. The third-order valence-electron chi connectivity index (χ3n) is 2.10. The third-order valence-corrected chi connectivity index (χ3v) is 4.26. The van der Waals surface area contributed by atoms with E-state index in [0.717, 1.165) is 32.3 Å². The zero-order valence-corrected chi connectivity index (χ0v) is 12.1. The zero-order valence-electron chi connectivity index (χ0n) is 9.12. The van der Waals surface area contributed by atoms with E-state index in [1.807, 2.05) is 24.4 Å². The Kier molecular flexibility index (Phi) is 3.75. The van der Waals surface area contributed by atoms with Gasteiger partial charge in [-0.05, 0) is 47.9 Å². The van der Waals surface area contributed by atoms with E-state index in [-0.39, 0.29) is 0 Å². The molecule has 0 aliphatic rings. The number of hydrogen-bond donors (Lipinski definition) is 1. The summed E-state index contributed by atoms with van der Waals surface area (Å²) in [5, 5.41) is 5.31. The summed E-state index contributed by atoms with van der Waals surface area (Å²) in [6.07, 6.45) is 0. The van der Waals surface area contributed by atoms with E-state index >= 15 is 0 Å². The van der Waals surface area contributed by atoms with Gasteiger partial charge < -0.3 is 5.32 Å². The topological polar surface area (TPSA) is 37.8 Å². The standard InChI is InChI=1S/C11H12IN3S/c1-3-13-11-9(12)7(2)14-10(15-11)8-5-4-6-16-8/h4-6H,3H2,1-2H3,(H,13,14,15). The van der Waals surface area contributed by atoms with Gasteiger partial charge in [0.15, 0.2) is 5.82 Å². The van der Waals surface area contributed by atoms with Crippen LogP contribution in [-0.2, 0) is 0 Å². The highest BCUT2D eigenvalue weighted by molar-refractivity contribution is 14.1. The van der Waals surface area contributed by atoms with E-state index in [0.29, 0.717) is 0 Å². The second kappa shape index (κ2) is 5.09. The highest BCUT2D eigenvalue weighted by Crippen LogP contribution is 2.26. The minimum Gasteiger partial charge on any atom is -0.369 e. The lowest BCUT2D eigenvalue weighted by Gasteiger charge is -2.08. The van der Waals surface area contributed by atoms with Crippen molar-refractivity contribution < 1.29 is 0 Å². The molecule has 16 heavy (non-hydrogen) atoms. The van der Waals surface area contributed by atoms with Crippen LogP contribution in [0, 0.1) is 10.5 Å². The fourth-order valence-electron chi connectivity index (χ4n) is 1.36. The molecule has 2 heterocycles. The highest BCUT2D eigenvalue weighted by Gasteiger charge is 2.10. The molecule has 0 fully saturated rings. The molecule has 0 aromatic carbocycles. The van der Waals surface area contributed by atoms with Gasteiger partial charge in [0.1, 0.15) is 5.82 Å². The van der Waals surface area contributed by atoms with Crippen molar-refractivity contribution in [2.45, 2.75) is 13.8 Å². The van der Waals surface area contributed by atoms with Crippen molar-refractivity contribution in [3.8, 4) is 10.7 Å². The molecular weight excluding hydrogens is 333 g/mol. The van der Waals surface area contributed by atoms with Crippen LogP contribution in [-0.4, -0.2) is 16.5 Å². The van der Waals surface area contributed by atoms with E-state index in [2.05, 4.69) is 44.8 Å². The number of nitrogens with one attached hydrogen (secondary N) is 1. The average molecular weight is 345 g/mol. The predicted molar refractivity (Wildman–Crippen MR) is 77.0 cm³/mol. The first-order valence-electron chi connectivity index (χ1n) is 5.04. The van der Waals surface area contributed by atoms with Gasteiger partial charge in [-0.2, -0.15) is 0 Å². The number of nitrogens with zero attached hydrogens (tertiary/aromatic N) is 2. The molecule has 2 aromatic heterocycles. The molecule has 84 valence electrons. The Morgan fingerprint density at radius 3 is 2.88 bits per heavy atom. The molecule has 0 saturated heterocycles. The van der Waals surface area contributed by atoms with Crippen LogP contribution >= 0.6 is 33.9 Å². The largest absolute Gasteiger partial charge is 0.369 e. The van der Waals surface area contributed by atoms with Gasteiger partial charge in [-0.25, -0.2) is 9.97 Å². The lowest BCUT2D eigenvalue weighted by molar-refractivity contribution is 1.07. The highest BCUT2D eigenvalue weighted by atomic mass is 127. The number of rotatable bonds is 3. The lowest BCUT2D eigenvalue weighted by Crippen LogP contribution is -2.05. The van der Waals surface area contributed by atoms with Crippen molar-refractivity contribution in [1.82, 2.24) is 9.97 Å². The average Bonchev–Trinajstić information content (AvgIpc) is 2.78. The van der Waals surface area contributed by atoms with Gasteiger partial charge in [-0.1, -0.05) is 6.07 Å². The van der Waals surface area contributed by atoms with Crippen LogP contribution in [0.2, 0.25) is 0 Å². The Hall–Kier alpha value is -0.690. The summed E-state index contributed by atoms with van der Waals surface area (Å²) >= 11 is 3.94. The maximum absolute atomic E-state index is 4.55. The molecule has 0 atom stereocenters. The van der Waals surface area contributed by atoms with Crippen LogP contribution in [0.25, 0.3) is 10.7 Å². The summed E-state index contributed by atoms with van der Waals surface area (Å²) in [6.45, 7) is 4.95. The molecule has 2 aromatic rings. The molecule has 1 N–H and O–H groups in total. The summed E-state index contributed by atoms with van der Waals surface area (Å²) in [5.41, 5.74) is 1.02. The first kappa shape index (κ1) is 11.8. The molecule has 0 radical (unpaired) electrons. The summed E-state index contributed by atoms with van der Waals surface area (Å²) in [6, 6.07) is 4.06. The normalized spacial score (nSPS) is 10.4. The molecule has 3 nitrogen and oxygen atoms in total. The Morgan fingerprint density at radius 2 is 2.25 bits per heavy atom. The Labute approximate surface area is 112 Å². The van der Waals surface area contributed by atoms with E-state index in [1.165, 1.54) is 0 Å². The lowest BCUT2D eigenvalue weighted by atomic mass is 10.3. The fourth-order valence-corrected chi connectivity index (χ4v) is 2.45. The van der Waals surface area contributed by atoms with Crippen molar-refractivity contribution in [2.75, 3.05) is 11.9 Å². The number of aromatic nitrogens is 2. The molecular formula is C11H12IN3S. The Morgan fingerprint density at radius 1 is 1.44 bits per heavy atom. The number of thiophene rings is 1. The van der Waals surface area contributed by atoms with Crippen LogP contribution in [0.3, 0.4) is 0 Å². The monoisotopic (exact) mass is 345 g/mol. The molecule has 5 heteroatoms. The zero-order chi connectivity index (χ0) is 11.5. The second-order valence-corrected chi connectivity index (χ2v) is 5.33. The van der Waals surface area contributed by atoms with Gasteiger partial charge in [0.25, 0.3) is 0 Å². The molecule has 0 saturated carbocycles. The minimum atomic E-state index is 0.809. The van der Waals surface area contributed by atoms with Crippen LogP contribution in [0.15, 0.2) is 17.5 Å². The smallest absolute Gasteiger partial charge is 0.171 e. The molecule has 0 aliphatic heterocycles. The van der Waals surface area contributed by atoms with Crippen molar-refractivity contribution in [3.05, 3.63) is 26.8 Å². The van der Waals surface area contributed by atoms with Crippen LogP contribution in [0.1, 0.15) is 12.6 Å². The molecule has 0 aliphatic carbocycles. The first-order chi connectivity index (χ1) is 7.72. The molecule has 2 rings (SSSR count). The van der Waals surface area contributed by atoms with Gasteiger partial charge in [-0.15, -0.1) is 11.3 Å². The summed E-state index contributed by atoms with van der Waals surface area (Å²) in [4.78, 5) is 10.2. The SMILES string of the molecule is CCNc1nc(-c2cccs2)nc(C)c1I. The van der Waals surface area contributed by atoms with Crippen molar-refractivity contribution in [1.29, 1.82) is 0 Å². The van der Waals surface area contributed by atoms with Crippen molar-refractivity contribution in [2.24, 2.45) is 0 Å². The van der Waals surface area contributed by atoms with Gasteiger partial charge >= 0.3 is 0 Å². The number of halogens is 1. The van der Waals surface area contributed by atoms with Crippen LogP contribution in [0.4, 0.5) is 5.82 Å². The summed E-state index contributed by atoms with van der Waals surface area (Å²) in [5.74, 6) is 1.74. The Bertz CT molecular complexity index is 482. The van der Waals surface area contributed by atoms with Crippen molar-refractivity contribution >= 4 is 39.7 Å². The second-order valence-electron chi connectivity index (χ2n) is 3.30. The molecule has 0 bridgehead atoms. The third kappa shape index (κ3) is 2.35. The predicted octanol–water partition coefficient (Wildman–Crippen LogP) is 3.55. The quantitative estimate of drug-likeness (QED) is 0.865. The maximum Gasteiger partial charge on any atom is 0.171 e. The fraction of sp³-hybridized carbons (Fsp3) is 0.273. The number of hydrogen-bond acceptors (Lipinski definition) is 4. The first-order valence-corrected chi connectivity index (χ1v) is 7.00. The van der Waals surface area contributed by atoms with Gasteiger partial charge in [0, 0.05) is 6.54 Å².